The van der Waals surface area contributed by atoms with Crippen LogP contribution in [0.5, 0.6) is 0 Å². The SMILES string of the molecule is N#Cc1cccc(S(=O)(=O)N2CCC(CN3CCCCCC3)CC2)c1. The maximum atomic E-state index is 12.8. The third-order valence-electron chi connectivity index (χ3n) is 5.39. The number of nitrogens with zero attached hydrogens (tertiary/aromatic N) is 3. The van der Waals surface area contributed by atoms with Crippen molar-refractivity contribution in [2.45, 2.75) is 43.4 Å². The van der Waals surface area contributed by atoms with Crippen molar-refractivity contribution in [3.05, 3.63) is 29.8 Å². The van der Waals surface area contributed by atoms with E-state index in [1.807, 2.05) is 6.07 Å². The molecule has 2 heterocycles. The van der Waals surface area contributed by atoms with E-state index in [0.717, 1.165) is 19.4 Å². The van der Waals surface area contributed by atoms with Gasteiger partial charge in [-0.15, -0.1) is 0 Å². The number of piperidine rings is 1. The Morgan fingerprint density at radius 2 is 1.72 bits per heavy atom. The number of benzene rings is 1. The lowest BCUT2D eigenvalue weighted by atomic mass is 9.97. The molecular weight excluding hydrogens is 334 g/mol. The molecule has 5 nitrogen and oxygen atoms in total. The smallest absolute Gasteiger partial charge is 0.243 e. The topological polar surface area (TPSA) is 64.4 Å². The van der Waals surface area contributed by atoms with Gasteiger partial charge in [-0.25, -0.2) is 8.42 Å². The number of sulfonamides is 1. The zero-order valence-corrected chi connectivity index (χ0v) is 15.5. The Hall–Kier alpha value is -1.42. The molecule has 0 amide bonds. The van der Waals surface area contributed by atoms with Crippen LogP contribution in [0.3, 0.4) is 0 Å². The molecular formula is C19H27N3O2S. The average molecular weight is 362 g/mol. The van der Waals surface area contributed by atoms with Crippen molar-refractivity contribution in [3.63, 3.8) is 0 Å². The van der Waals surface area contributed by atoms with E-state index >= 15 is 0 Å². The van der Waals surface area contributed by atoms with E-state index in [4.69, 9.17) is 5.26 Å². The van der Waals surface area contributed by atoms with Gasteiger partial charge in [-0.1, -0.05) is 18.9 Å². The summed E-state index contributed by atoms with van der Waals surface area (Å²) in [6.07, 6.45) is 7.12. The second-order valence-electron chi connectivity index (χ2n) is 7.20. The van der Waals surface area contributed by atoms with Gasteiger partial charge in [0.25, 0.3) is 0 Å². The maximum Gasteiger partial charge on any atom is 0.243 e. The van der Waals surface area contributed by atoms with E-state index < -0.39 is 10.0 Å². The third-order valence-corrected chi connectivity index (χ3v) is 7.28. The van der Waals surface area contributed by atoms with E-state index in [1.165, 1.54) is 44.8 Å². The van der Waals surface area contributed by atoms with Gasteiger partial charge in [-0.3, -0.25) is 0 Å². The van der Waals surface area contributed by atoms with Crippen LogP contribution in [0.4, 0.5) is 0 Å². The molecule has 0 bridgehead atoms. The number of rotatable bonds is 4. The Balaban J connectivity index is 1.58. The summed E-state index contributed by atoms with van der Waals surface area (Å²) in [5.41, 5.74) is 0.386. The van der Waals surface area contributed by atoms with Crippen molar-refractivity contribution >= 4 is 10.0 Å². The summed E-state index contributed by atoms with van der Waals surface area (Å²) >= 11 is 0. The van der Waals surface area contributed by atoms with Gasteiger partial charge >= 0.3 is 0 Å². The second-order valence-corrected chi connectivity index (χ2v) is 9.14. The van der Waals surface area contributed by atoms with E-state index in [1.54, 1.807) is 22.5 Å². The van der Waals surface area contributed by atoms with Gasteiger partial charge < -0.3 is 4.90 Å². The Morgan fingerprint density at radius 3 is 2.36 bits per heavy atom. The van der Waals surface area contributed by atoms with Crippen molar-refractivity contribution in [2.24, 2.45) is 5.92 Å². The number of hydrogen-bond acceptors (Lipinski definition) is 4. The molecule has 0 aliphatic carbocycles. The molecule has 0 N–H and O–H groups in total. The van der Waals surface area contributed by atoms with Crippen LogP contribution in [0.1, 0.15) is 44.1 Å². The van der Waals surface area contributed by atoms with Gasteiger partial charge in [0.05, 0.1) is 16.5 Å². The summed E-state index contributed by atoms with van der Waals surface area (Å²) < 4.78 is 27.2. The predicted octanol–water partition coefficient (Wildman–Crippen LogP) is 2.83. The first-order chi connectivity index (χ1) is 12.1. The van der Waals surface area contributed by atoms with Gasteiger partial charge in [-0.2, -0.15) is 9.57 Å². The van der Waals surface area contributed by atoms with Gasteiger partial charge in [0.1, 0.15) is 0 Å². The zero-order chi connectivity index (χ0) is 17.7. The number of nitriles is 1. The lowest BCUT2D eigenvalue weighted by molar-refractivity contribution is 0.186. The summed E-state index contributed by atoms with van der Waals surface area (Å²) in [6.45, 7) is 4.66. The lowest BCUT2D eigenvalue weighted by Gasteiger charge is -2.34. The molecule has 2 saturated heterocycles. The molecule has 6 heteroatoms. The quantitative estimate of drug-likeness (QED) is 0.827. The number of hydrogen-bond donors (Lipinski definition) is 0. The molecule has 0 aromatic heterocycles. The zero-order valence-electron chi connectivity index (χ0n) is 14.7. The van der Waals surface area contributed by atoms with Crippen molar-refractivity contribution in [1.82, 2.24) is 9.21 Å². The molecule has 2 fully saturated rings. The van der Waals surface area contributed by atoms with Gasteiger partial charge in [0.2, 0.25) is 10.0 Å². The summed E-state index contributed by atoms with van der Waals surface area (Å²) in [4.78, 5) is 2.80. The molecule has 3 rings (SSSR count). The van der Waals surface area contributed by atoms with Crippen LogP contribution in [0, 0.1) is 17.2 Å². The first-order valence-corrected chi connectivity index (χ1v) is 10.8. The van der Waals surface area contributed by atoms with Crippen LogP contribution in [-0.2, 0) is 10.0 Å². The summed E-state index contributed by atoms with van der Waals surface area (Å²) in [5.74, 6) is 0.593. The Labute approximate surface area is 151 Å². The Morgan fingerprint density at radius 1 is 1.04 bits per heavy atom. The Bertz CT molecular complexity index is 710. The fourth-order valence-electron chi connectivity index (χ4n) is 3.89. The lowest BCUT2D eigenvalue weighted by Crippen LogP contribution is -2.41. The average Bonchev–Trinajstić information content (AvgIpc) is 2.91. The monoisotopic (exact) mass is 361 g/mol. The highest BCUT2D eigenvalue weighted by molar-refractivity contribution is 7.89. The van der Waals surface area contributed by atoms with E-state index in [0.29, 0.717) is 24.6 Å². The highest BCUT2D eigenvalue weighted by Gasteiger charge is 2.30. The van der Waals surface area contributed by atoms with Crippen LogP contribution >= 0.6 is 0 Å². The minimum absolute atomic E-state index is 0.234. The normalized spacial score (nSPS) is 21.6. The van der Waals surface area contributed by atoms with Crippen molar-refractivity contribution < 1.29 is 8.42 Å². The summed E-state index contributed by atoms with van der Waals surface area (Å²) in [5, 5.41) is 8.99. The molecule has 2 aliphatic rings. The van der Waals surface area contributed by atoms with Crippen LogP contribution in [-0.4, -0.2) is 50.3 Å². The van der Waals surface area contributed by atoms with Gasteiger partial charge in [0, 0.05) is 19.6 Å². The minimum atomic E-state index is -3.49. The fraction of sp³-hybridized carbons (Fsp3) is 0.632. The number of likely N-dealkylation sites (tertiary alicyclic amines) is 1. The molecule has 136 valence electrons. The van der Waals surface area contributed by atoms with Gasteiger partial charge in [-0.05, 0) is 62.9 Å². The van der Waals surface area contributed by atoms with Crippen LogP contribution in [0.25, 0.3) is 0 Å². The molecule has 0 atom stereocenters. The van der Waals surface area contributed by atoms with Crippen molar-refractivity contribution in [1.29, 1.82) is 5.26 Å². The predicted molar refractivity (Wildman–Crippen MR) is 97.5 cm³/mol. The summed E-state index contributed by atoms with van der Waals surface area (Å²) in [6, 6.07) is 8.33. The maximum absolute atomic E-state index is 12.8. The van der Waals surface area contributed by atoms with Crippen LogP contribution in [0.15, 0.2) is 29.2 Å². The first-order valence-electron chi connectivity index (χ1n) is 9.32. The fourth-order valence-corrected chi connectivity index (χ4v) is 5.41. The third kappa shape index (κ3) is 4.60. The standard InChI is InChI=1S/C19H27N3O2S/c20-15-18-6-5-7-19(14-18)25(23,24)22-12-8-17(9-13-22)16-21-10-3-1-2-4-11-21/h5-7,14,17H,1-4,8-13,16H2. The largest absolute Gasteiger partial charge is 0.303 e. The Kier molecular flexibility index (Phi) is 6.10. The van der Waals surface area contributed by atoms with Crippen LogP contribution < -0.4 is 0 Å². The molecule has 0 saturated carbocycles. The summed E-state index contributed by atoms with van der Waals surface area (Å²) in [7, 11) is -3.49. The molecule has 1 aromatic carbocycles. The molecule has 0 radical (unpaired) electrons. The van der Waals surface area contributed by atoms with E-state index in [9.17, 15) is 8.42 Å². The highest BCUT2D eigenvalue weighted by Crippen LogP contribution is 2.25. The second kappa shape index (κ2) is 8.31. The van der Waals surface area contributed by atoms with Crippen LogP contribution in [0.2, 0.25) is 0 Å². The van der Waals surface area contributed by atoms with Crippen molar-refractivity contribution in [3.8, 4) is 6.07 Å². The van der Waals surface area contributed by atoms with E-state index in [2.05, 4.69) is 4.90 Å². The molecule has 0 unspecified atom stereocenters. The molecule has 2 aliphatic heterocycles. The first kappa shape index (κ1) is 18.4. The van der Waals surface area contributed by atoms with Gasteiger partial charge in [0.15, 0.2) is 0 Å². The molecule has 25 heavy (non-hydrogen) atoms. The van der Waals surface area contributed by atoms with Crippen molar-refractivity contribution in [2.75, 3.05) is 32.7 Å². The van der Waals surface area contributed by atoms with E-state index in [-0.39, 0.29) is 4.90 Å². The minimum Gasteiger partial charge on any atom is -0.303 e. The highest BCUT2D eigenvalue weighted by atomic mass is 32.2. The molecule has 0 spiro atoms. The molecule has 1 aromatic rings.